The van der Waals surface area contributed by atoms with E-state index in [4.69, 9.17) is 10.2 Å². The Balaban J connectivity index is 2.12. The molecule has 0 bridgehead atoms. The second-order valence-corrected chi connectivity index (χ2v) is 4.90. The van der Waals surface area contributed by atoms with Gasteiger partial charge in [-0.1, -0.05) is 30.3 Å². The molecule has 6 nitrogen and oxygen atoms in total. The number of benzene rings is 2. The van der Waals surface area contributed by atoms with Crippen LogP contribution in [0.2, 0.25) is 0 Å². The van der Waals surface area contributed by atoms with Gasteiger partial charge < -0.3 is 10.2 Å². The molecule has 114 valence electrons. The number of nitrogens with two attached hydrogens (primary N) is 1. The largest absolute Gasteiger partial charge is 0.421 e. The Morgan fingerprint density at radius 3 is 2.22 bits per heavy atom. The zero-order valence-corrected chi connectivity index (χ0v) is 11.9. The van der Waals surface area contributed by atoms with Gasteiger partial charge in [0.05, 0.1) is 4.92 Å². The van der Waals surface area contributed by atoms with Crippen molar-refractivity contribution in [2.45, 2.75) is 0 Å². The lowest BCUT2D eigenvalue weighted by atomic mass is 10.0. The maximum absolute atomic E-state index is 12.0. The van der Waals surface area contributed by atoms with Gasteiger partial charge in [0.2, 0.25) is 0 Å². The summed E-state index contributed by atoms with van der Waals surface area (Å²) < 4.78 is 5.21. The predicted octanol–water partition coefficient (Wildman–Crippen LogP) is 3.46. The first-order chi connectivity index (χ1) is 11.1. The molecule has 2 aromatic carbocycles. The Morgan fingerprint density at radius 2 is 1.61 bits per heavy atom. The minimum atomic E-state index is -0.639. The van der Waals surface area contributed by atoms with E-state index in [-0.39, 0.29) is 11.4 Å². The molecule has 0 aliphatic rings. The molecule has 2 N–H and O–H groups in total. The molecule has 0 radical (unpaired) electrons. The molecule has 0 saturated heterocycles. The van der Waals surface area contributed by atoms with Crippen LogP contribution in [0.1, 0.15) is 0 Å². The van der Waals surface area contributed by atoms with Crippen LogP contribution in [0.25, 0.3) is 22.5 Å². The Labute approximate surface area is 131 Å². The number of nitro groups is 1. The van der Waals surface area contributed by atoms with Crippen LogP contribution in [0.15, 0.2) is 69.9 Å². The Kier molecular flexibility index (Phi) is 3.64. The summed E-state index contributed by atoms with van der Waals surface area (Å²) in [6, 6.07) is 16.7. The number of hydrogen-bond acceptors (Lipinski definition) is 5. The van der Waals surface area contributed by atoms with Crippen molar-refractivity contribution >= 4 is 11.4 Å². The zero-order valence-electron chi connectivity index (χ0n) is 11.9. The monoisotopic (exact) mass is 308 g/mol. The summed E-state index contributed by atoms with van der Waals surface area (Å²) in [4.78, 5) is 22.2. The highest BCUT2D eigenvalue weighted by molar-refractivity contribution is 5.78. The topological polar surface area (TPSA) is 99.4 Å². The van der Waals surface area contributed by atoms with Crippen LogP contribution in [0, 0.1) is 10.1 Å². The first-order valence-corrected chi connectivity index (χ1v) is 6.80. The lowest BCUT2D eigenvalue weighted by molar-refractivity contribution is -0.384. The van der Waals surface area contributed by atoms with E-state index in [1.54, 1.807) is 6.07 Å². The van der Waals surface area contributed by atoms with Crippen molar-refractivity contribution in [3.8, 4) is 22.5 Å². The molecule has 1 heterocycles. The lowest BCUT2D eigenvalue weighted by Crippen LogP contribution is -2.08. The fraction of sp³-hybridized carbons (Fsp3) is 0. The summed E-state index contributed by atoms with van der Waals surface area (Å²) in [5.41, 5.74) is 7.11. The normalized spacial score (nSPS) is 10.4. The van der Waals surface area contributed by atoms with Crippen molar-refractivity contribution in [2.24, 2.45) is 0 Å². The second kappa shape index (κ2) is 5.76. The van der Waals surface area contributed by atoms with E-state index in [1.165, 1.54) is 24.3 Å². The summed E-state index contributed by atoms with van der Waals surface area (Å²) in [7, 11) is 0. The van der Waals surface area contributed by atoms with Crippen LogP contribution in [0.4, 0.5) is 11.4 Å². The highest BCUT2D eigenvalue weighted by atomic mass is 16.6. The van der Waals surface area contributed by atoms with Gasteiger partial charge in [0.25, 0.3) is 5.69 Å². The number of hydrogen-bond donors (Lipinski definition) is 1. The molecule has 1 aromatic heterocycles. The fourth-order valence-corrected chi connectivity index (χ4v) is 2.25. The van der Waals surface area contributed by atoms with Gasteiger partial charge in [-0.05, 0) is 23.8 Å². The third kappa shape index (κ3) is 2.82. The van der Waals surface area contributed by atoms with E-state index in [9.17, 15) is 14.9 Å². The summed E-state index contributed by atoms with van der Waals surface area (Å²) in [6.45, 7) is 0. The van der Waals surface area contributed by atoms with E-state index in [0.29, 0.717) is 16.9 Å². The third-order valence-electron chi connectivity index (χ3n) is 3.44. The molecule has 0 aliphatic carbocycles. The van der Waals surface area contributed by atoms with Gasteiger partial charge in [0.1, 0.15) is 11.4 Å². The molecular formula is C17H12N2O4. The molecule has 0 spiro atoms. The lowest BCUT2D eigenvalue weighted by Gasteiger charge is -2.07. The van der Waals surface area contributed by atoms with Gasteiger partial charge in [-0.3, -0.25) is 10.1 Å². The zero-order chi connectivity index (χ0) is 16.4. The third-order valence-corrected chi connectivity index (χ3v) is 3.44. The van der Waals surface area contributed by atoms with Crippen LogP contribution in [0.5, 0.6) is 0 Å². The van der Waals surface area contributed by atoms with Crippen LogP contribution in [0.3, 0.4) is 0 Å². The Morgan fingerprint density at radius 1 is 0.957 bits per heavy atom. The van der Waals surface area contributed by atoms with Crippen molar-refractivity contribution in [3.63, 3.8) is 0 Å². The highest BCUT2D eigenvalue weighted by Gasteiger charge is 2.13. The van der Waals surface area contributed by atoms with E-state index in [1.807, 2.05) is 30.3 Å². The average molecular weight is 308 g/mol. The van der Waals surface area contributed by atoms with Crippen molar-refractivity contribution < 1.29 is 9.34 Å². The minimum Gasteiger partial charge on any atom is -0.421 e. The summed E-state index contributed by atoms with van der Waals surface area (Å²) in [5, 5.41) is 10.7. The van der Waals surface area contributed by atoms with Gasteiger partial charge in [-0.2, -0.15) is 0 Å². The van der Waals surface area contributed by atoms with Crippen LogP contribution < -0.4 is 11.4 Å². The quantitative estimate of drug-likeness (QED) is 0.590. The number of nitro benzene ring substituents is 1. The Bertz CT molecular complexity index is 916. The van der Waals surface area contributed by atoms with E-state index in [0.717, 1.165) is 5.56 Å². The number of nitrogen functional groups attached to an aromatic ring is 1. The maximum Gasteiger partial charge on any atom is 0.360 e. The smallest absolute Gasteiger partial charge is 0.360 e. The number of nitrogens with zero attached hydrogens (tertiary/aromatic N) is 1. The van der Waals surface area contributed by atoms with Gasteiger partial charge in [-0.15, -0.1) is 0 Å². The van der Waals surface area contributed by atoms with Crippen molar-refractivity contribution in [3.05, 3.63) is 81.2 Å². The molecular weight excluding hydrogens is 296 g/mol. The Hall–Kier alpha value is -3.41. The molecule has 0 aliphatic heterocycles. The van der Waals surface area contributed by atoms with E-state index >= 15 is 0 Å². The molecule has 23 heavy (non-hydrogen) atoms. The summed E-state index contributed by atoms with van der Waals surface area (Å²) >= 11 is 0. The summed E-state index contributed by atoms with van der Waals surface area (Å²) in [6.07, 6.45) is 0. The molecule has 0 unspecified atom stereocenters. The van der Waals surface area contributed by atoms with Gasteiger partial charge in [-0.25, -0.2) is 4.79 Å². The molecule has 0 amide bonds. The maximum atomic E-state index is 12.0. The fourth-order valence-electron chi connectivity index (χ4n) is 2.25. The first kappa shape index (κ1) is 14.5. The van der Waals surface area contributed by atoms with Crippen molar-refractivity contribution in [1.29, 1.82) is 0 Å². The molecule has 6 heteroatoms. The van der Waals surface area contributed by atoms with Crippen LogP contribution in [-0.4, -0.2) is 4.92 Å². The molecule has 3 aromatic rings. The van der Waals surface area contributed by atoms with Gasteiger partial charge in [0.15, 0.2) is 0 Å². The molecule has 0 atom stereocenters. The number of non-ortho nitro benzene ring substituents is 1. The second-order valence-electron chi connectivity index (χ2n) is 4.90. The van der Waals surface area contributed by atoms with E-state index in [2.05, 4.69) is 0 Å². The van der Waals surface area contributed by atoms with Crippen LogP contribution >= 0.6 is 0 Å². The first-order valence-electron chi connectivity index (χ1n) is 6.80. The minimum absolute atomic E-state index is 0.0295. The average Bonchev–Trinajstić information content (AvgIpc) is 2.58. The van der Waals surface area contributed by atoms with Gasteiger partial charge >= 0.3 is 5.63 Å². The summed E-state index contributed by atoms with van der Waals surface area (Å²) in [5.74, 6) is 0.304. The van der Waals surface area contributed by atoms with E-state index < -0.39 is 10.5 Å². The van der Waals surface area contributed by atoms with Gasteiger partial charge in [0, 0.05) is 23.3 Å². The predicted molar refractivity (Wildman–Crippen MR) is 86.9 cm³/mol. The molecule has 3 rings (SSSR count). The standard InChI is InChI=1S/C17H12N2O4/c18-16-14(11-4-2-1-3-5-11)10-15(23-17(16)20)12-6-8-13(9-7-12)19(21)22/h1-10H,18H2. The number of rotatable bonds is 3. The molecule has 0 fully saturated rings. The van der Waals surface area contributed by atoms with Crippen molar-refractivity contribution in [1.82, 2.24) is 0 Å². The molecule has 0 saturated carbocycles. The van der Waals surface area contributed by atoms with Crippen LogP contribution in [-0.2, 0) is 0 Å². The number of anilines is 1. The SMILES string of the molecule is Nc1c(-c2ccccc2)cc(-c2ccc([N+](=O)[O-])cc2)oc1=O. The highest BCUT2D eigenvalue weighted by Crippen LogP contribution is 2.29. The van der Waals surface area contributed by atoms with Crippen molar-refractivity contribution in [2.75, 3.05) is 5.73 Å².